The number of aliphatic carboxylic acids is 1. The summed E-state index contributed by atoms with van der Waals surface area (Å²) in [4.78, 5) is 21.6. The third kappa shape index (κ3) is 7.03. The summed E-state index contributed by atoms with van der Waals surface area (Å²) in [5, 5.41) is 12.9. The lowest BCUT2D eigenvalue weighted by molar-refractivity contribution is -0.132. The monoisotopic (exact) mass is 541 g/mol. The van der Waals surface area contributed by atoms with Gasteiger partial charge in [0.15, 0.2) is 5.82 Å². The Morgan fingerprint density at radius 1 is 1.10 bits per heavy atom. The number of benzene rings is 2. The van der Waals surface area contributed by atoms with E-state index in [1.807, 2.05) is 49.4 Å². The Kier molecular flexibility index (Phi) is 8.06. The van der Waals surface area contributed by atoms with E-state index in [2.05, 4.69) is 50.2 Å². The molecular formula is C31H35N3O4Si. The van der Waals surface area contributed by atoms with Crippen LogP contribution in [0, 0.1) is 6.92 Å². The number of carboxylic acids is 1. The second-order valence-electron chi connectivity index (χ2n) is 11.1. The van der Waals surface area contributed by atoms with E-state index in [0.29, 0.717) is 29.4 Å². The topological polar surface area (TPSA) is 97.5 Å². The molecule has 0 unspecified atom stereocenters. The molecule has 0 amide bonds. The number of aryl methyl sites for hydroxylation is 1. The van der Waals surface area contributed by atoms with Gasteiger partial charge >= 0.3 is 5.97 Å². The highest BCUT2D eigenvalue weighted by Gasteiger charge is 2.39. The molecule has 2 N–H and O–H groups in total. The third-order valence-electron chi connectivity index (χ3n) is 6.92. The van der Waals surface area contributed by atoms with Crippen LogP contribution < -0.4 is 9.74 Å². The molecule has 0 spiro atoms. The number of hydrogen-bond acceptors (Lipinski definition) is 6. The van der Waals surface area contributed by atoms with Crippen LogP contribution in [0.25, 0.3) is 17.3 Å². The minimum Gasteiger partial charge on any atom is -0.543 e. The SMILES string of the molecule is Cc1cccc(Cc2nc(-c3cccc(O[Si](C)(C)C(C)(C)C)c3)cnc2N/C(=C/c2ccco2)C(=O)O)c1. The molecule has 0 bridgehead atoms. The highest BCUT2D eigenvalue weighted by atomic mass is 28.4. The largest absolute Gasteiger partial charge is 0.543 e. The lowest BCUT2D eigenvalue weighted by Gasteiger charge is -2.36. The van der Waals surface area contributed by atoms with Crippen molar-refractivity contribution in [3.8, 4) is 17.0 Å². The Morgan fingerprint density at radius 2 is 1.87 bits per heavy atom. The van der Waals surface area contributed by atoms with Gasteiger partial charge in [-0.2, -0.15) is 0 Å². The van der Waals surface area contributed by atoms with Crippen molar-refractivity contribution in [2.24, 2.45) is 0 Å². The van der Waals surface area contributed by atoms with E-state index in [0.717, 1.165) is 22.4 Å². The molecule has 8 heteroatoms. The van der Waals surface area contributed by atoms with Gasteiger partial charge in [-0.15, -0.1) is 0 Å². The van der Waals surface area contributed by atoms with Crippen molar-refractivity contribution in [3.05, 3.63) is 101 Å². The average Bonchev–Trinajstić information content (AvgIpc) is 3.37. The third-order valence-corrected chi connectivity index (χ3v) is 11.3. The first kappa shape index (κ1) is 27.9. The summed E-state index contributed by atoms with van der Waals surface area (Å²) >= 11 is 0. The molecule has 0 aliphatic heterocycles. The smallest absolute Gasteiger partial charge is 0.352 e. The molecular weight excluding hydrogens is 506 g/mol. The molecule has 0 aliphatic carbocycles. The summed E-state index contributed by atoms with van der Waals surface area (Å²) in [6, 6.07) is 19.4. The minimum absolute atomic E-state index is 0.0674. The number of hydrogen-bond donors (Lipinski definition) is 2. The first-order valence-electron chi connectivity index (χ1n) is 12.9. The molecule has 0 atom stereocenters. The lowest BCUT2D eigenvalue weighted by atomic mass is 10.1. The van der Waals surface area contributed by atoms with Gasteiger partial charge in [0.2, 0.25) is 8.32 Å². The summed E-state index contributed by atoms with van der Waals surface area (Å²) in [7, 11) is -2.02. The Morgan fingerprint density at radius 3 is 2.54 bits per heavy atom. The molecule has 4 aromatic rings. The fourth-order valence-electron chi connectivity index (χ4n) is 3.77. The summed E-state index contributed by atoms with van der Waals surface area (Å²) in [5.74, 6) is 0.463. The molecule has 0 radical (unpaired) electrons. The van der Waals surface area contributed by atoms with Crippen LogP contribution in [0.15, 0.2) is 83.2 Å². The van der Waals surface area contributed by atoms with Crippen molar-refractivity contribution in [3.63, 3.8) is 0 Å². The predicted octanol–water partition coefficient (Wildman–Crippen LogP) is 7.56. The number of nitrogens with one attached hydrogen (secondary N) is 1. The number of carboxylic acid groups (broad SMARTS) is 1. The maximum Gasteiger partial charge on any atom is 0.352 e. The molecule has 39 heavy (non-hydrogen) atoms. The number of aromatic nitrogens is 2. The van der Waals surface area contributed by atoms with E-state index in [-0.39, 0.29) is 10.7 Å². The van der Waals surface area contributed by atoms with Crippen LogP contribution in [0.1, 0.15) is 43.4 Å². The lowest BCUT2D eigenvalue weighted by Crippen LogP contribution is -2.43. The summed E-state index contributed by atoms with van der Waals surface area (Å²) in [6.45, 7) is 13.1. The number of carbonyl (C=O) groups is 1. The van der Waals surface area contributed by atoms with Crippen LogP contribution in [0.5, 0.6) is 5.75 Å². The van der Waals surface area contributed by atoms with Crippen molar-refractivity contribution in [1.82, 2.24) is 9.97 Å². The van der Waals surface area contributed by atoms with E-state index < -0.39 is 14.3 Å². The first-order chi connectivity index (χ1) is 18.4. The zero-order valence-electron chi connectivity index (χ0n) is 23.3. The maximum absolute atomic E-state index is 12.0. The summed E-state index contributed by atoms with van der Waals surface area (Å²) in [6.07, 6.45) is 5.04. The van der Waals surface area contributed by atoms with Gasteiger partial charge in [-0.3, -0.25) is 0 Å². The number of rotatable bonds is 9. The molecule has 2 aromatic carbocycles. The normalized spacial score (nSPS) is 12.3. The van der Waals surface area contributed by atoms with Gasteiger partial charge in [-0.05, 0) is 54.9 Å². The standard InChI is InChI=1S/C31H35N3O4Si/c1-21-10-7-11-22(16-21)17-26-29(34-27(30(35)36)19-24-14-9-15-37-24)32-20-28(33-26)23-12-8-13-25(18-23)38-39(5,6)31(2,3)4/h7-16,18-20H,17H2,1-6H3,(H,32,34)(H,35,36)/b27-19+. The second-order valence-corrected chi connectivity index (χ2v) is 15.8. The Labute approximate surface area is 230 Å². The van der Waals surface area contributed by atoms with Crippen molar-refractivity contribution in [2.75, 3.05) is 5.32 Å². The maximum atomic E-state index is 12.0. The van der Waals surface area contributed by atoms with E-state index in [1.165, 1.54) is 12.3 Å². The van der Waals surface area contributed by atoms with Gasteiger partial charge in [-0.1, -0.05) is 62.7 Å². The van der Waals surface area contributed by atoms with Gasteiger partial charge in [-0.25, -0.2) is 14.8 Å². The molecule has 0 fully saturated rings. The molecule has 2 heterocycles. The zero-order valence-corrected chi connectivity index (χ0v) is 24.3. The van der Waals surface area contributed by atoms with Crippen LogP contribution in [-0.4, -0.2) is 29.4 Å². The summed E-state index contributed by atoms with van der Waals surface area (Å²) in [5.41, 5.74) is 4.29. The predicted molar refractivity (Wildman–Crippen MR) is 157 cm³/mol. The number of furan rings is 1. The van der Waals surface area contributed by atoms with Gasteiger partial charge in [0.25, 0.3) is 0 Å². The quantitative estimate of drug-likeness (QED) is 0.167. The van der Waals surface area contributed by atoms with Gasteiger partial charge in [0.1, 0.15) is 17.2 Å². The Balaban J connectivity index is 1.72. The highest BCUT2D eigenvalue weighted by Crippen LogP contribution is 2.38. The van der Waals surface area contributed by atoms with E-state index in [9.17, 15) is 9.90 Å². The average molecular weight is 542 g/mol. The molecule has 0 aliphatic rings. The van der Waals surface area contributed by atoms with E-state index in [1.54, 1.807) is 18.3 Å². The van der Waals surface area contributed by atoms with Crippen LogP contribution in [0.2, 0.25) is 18.1 Å². The molecule has 4 rings (SSSR count). The Bertz CT molecular complexity index is 1490. The minimum atomic E-state index is -2.02. The van der Waals surface area contributed by atoms with E-state index in [4.69, 9.17) is 13.8 Å². The van der Waals surface area contributed by atoms with Gasteiger partial charge in [0, 0.05) is 18.1 Å². The summed E-state index contributed by atoms with van der Waals surface area (Å²) < 4.78 is 11.8. The fraction of sp³-hybridized carbons (Fsp3) is 0.258. The first-order valence-corrected chi connectivity index (χ1v) is 15.8. The molecule has 0 saturated carbocycles. The highest BCUT2D eigenvalue weighted by molar-refractivity contribution is 6.74. The zero-order chi connectivity index (χ0) is 28.2. The van der Waals surface area contributed by atoms with Crippen LogP contribution in [-0.2, 0) is 11.2 Å². The molecule has 7 nitrogen and oxygen atoms in total. The van der Waals surface area contributed by atoms with E-state index >= 15 is 0 Å². The van der Waals surface area contributed by atoms with Gasteiger partial charge < -0.3 is 19.3 Å². The molecule has 0 saturated heterocycles. The van der Waals surface area contributed by atoms with Crippen molar-refractivity contribution in [2.45, 2.75) is 52.2 Å². The molecule has 202 valence electrons. The Hall–Kier alpha value is -4.17. The number of nitrogens with zero attached hydrogens (tertiary/aromatic N) is 2. The number of anilines is 1. The van der Waals surface area contributed by atoms with Crippen molar-refractivity contribution >= 4 is 26.2 Å². The van der Waals surface area contributed by atoms with Gasteiger partial charge in [0.05, 0.1) is 23.8 Å². The molecule has 2 aromatic heterocycles. The van der Waals surface area contributed by atoms with Crippen LogP contribution in [0.4, 0.5) is 5.82 Å². The van der Waals surface area contributed by atoms with Crippen LogP contribution in [0.3, 0.4) is 0 Å². The van der Waals surface area contributed by atoms with Crippen molar-refractivity contribution < 1.29 is 18.7 Å². The van der Waals surface area contributed by atoms with Crippen LogP contribution >= 0.6 is 0 Å². The fourth-order valence-corrected chi connectivity index (χ4v) is 4.79. The second kappa shape index (κ2) is 11.3. The van der Waals surface area contributed by atoms with Crippen molar-refractivity contribution in [1.29, 1.82) is 0 Å².